The number of benzene rings is 10. The van der Waals surface area contributed by atoms with Gasteiger partial charge < -0.3 is 78.1 Å². The van der Waals surface area contributed by atoms with Gasteiger partial charge in [-0.05, 0) is 163 Å². The fourth-order valence-electron chi connectivity index (χ4n) is 14.4. The maximum Gasteiger partial charge on any atom is 0.309 e. The lowest BCUT2D eigenvalue weighted by Crippen LogP contribution is -2.49. The first-order valence-corrected chi connectivity index (χ1v) is 47.0. The summed E-state index contributed by atoms with van der Waals surface area (Å²) in [4.78, 5) is 123. The Labute approximate surface area is 823 Å². The van der Waals surface area contributed by atoms with Gasteiger partial charge in [0.25, 0.3) is 0 Å². The van der Waals surface area contributed by atoms with Crippen molar-refractivity contribution < 1.29 is 115 Å². The largest absolute Gasteiger partial charge is 0.508 e. The van der Waals surface area contributed by atoms with Gasteiger partial charge in [0, 0.05) is 42.9 Å². The van der Waals surface area contributed by atoms with Crippen molar-refractivity contribution >= 4 is 58.7 Å². The molecule has 0 unspecified atom stereocenters. The van der Waals surface area contributed by atoms with E-state index in [4.69, 9.17) is 62.9 Å². The molecule has 12 atom stereocenters. The Hall–Kier alpha value is -13.2. The summed E-state index contributed by atoms with van der Waals surface area (Å²) in [5.41, 5.74) is 14.4. The number of carbonyl (C=O) groups is 10. The van der Waals surface area contributed by atoms with Crippen LogP contribution in [0.5, 0.6) is 23.0 Å². The highest BCUT2D eigenvalue weighted by molar-refractivity contribution is 5.98. The molecule has 2 saturated heterocycles. The molecule has 2 fully saturated rings. The number of carboxylic acids is 1. The minimum atomic E-state index is -0.890. The van der Waals surface area contributed by atoms with E-state index in [0.717, 1.165) is 67.1 Å². The Balaban J connectivity index is 0.000000239. The Morgan fingerprint density at radius 2 is 0.593 bits per heavy atom. The maximum atomic E-state index is 13.8. The monoisotopic (exact) mass is 1920 g/mol. The zero-order valence-electron chi connectivity index (χ0n) is 82.7. The Morgan fingerprint density at radius 3 is 0.893 bits per heavy atom. The zero-order chi connectivity index (χ0) is 102. The molecule has 0 radical (unpaired) electrons. The number of phenolic OH excluding ortho intramolecular Hbond substituents is 1. The SMILES string of the molecule is COC(=O)[C@@H](C)Cc1ccc(OC)cc1.COC(=O)[C@@H](CC(=O)[C@@H](C)COCc1ccccc1)Cc1ccc(O)cc1.COC(=O)[C@@H](CC(=O)[C@@H](C)COCc1ccccc1)Cc1ccc(OC)cc1.COc1ccc(C[C@H](CC(=O)[C@@H](C)COCc2ccccc2)C(=O)N[C@@H](Cc2ccccc2)C(=O)[C@@]2(C)CO2)cc1.C[C@@H](COCc1ccccc1)C(=O)O.C[C@]1(C(=O)[C@@H](N)Cc2ccccc2)CO1. The topological polar surface area (TPSA) is 367 Å². The van der Waals surface area contributed by atoms with E-state index in [-0.39, 0.29) is 109 Å². The van der Waals surface area contributed by atoms with Crippen LogP contribution in [0.4, 0.5) is 0 Å². The molecule has 140 heavy (non-hydrogen) atoms. The van der Waals surface area contributed by atoms with Crippen molar-refractivity contribution in [1.29, 1.82) is 0 Å². The van der Waals surface area contributed by atoms with Crippen LogP contribution in [0, 0.1) is 47.3 Å². The lowest BCUT2D eigenvalue weighted by Gasteiger charge is -2.24. The fourth-order valence-corrected chi connectivity index (χ4v) is 14.4. The number of esters is 3. The van der Waals surface area contributed by atoms with Crippen molar-refractivity contribution in [1.82, 2.24) is 5.32 Å². The first kappa shape index (κ1) is 114. The fraction of sp³-hybridized carbons (Fsp3) is 0.386. The molecule has 0 aliphatic carbocycles. The molecule has 0 aromatic heterocycles. The number of Topliss-reactive ketones (excluding diaryl/α,β-unsaturated/α-hetero) is 5. The third kappa shape index (κ3) is 42.3. The predicted molar refractivity (Wildman–Crippen MR) is 534 cm³/mol. The number of carbonyl (C=O) groups excluding carboxylic acids is 9. The van der Waals surface area contributed by atoms with Gasteiger partial charge >= 0.3 is 23.9 Å². The van der Waals surface area contributed by atoms with Gasteiger partial charge in [0.05, 0.1) is 144 Å². The highest BCUT2D eigenvalue weighted by Crippen LogP contribution is 2.32. The highest BCUT2D eigenvalue weighted by atomic mass is 16.6. The molecular formula is C114H138N2O24. The third-order valence-corrected chi connectivity index (χ3v) is 23.5. The molecule has 0 saturated carbocycles. The van der Waals surface area contributed by atoms with Crippen LogP contribution >= 0.6 is 0 Å². The summed E-state index contributed by atoms with van der Waals surface area (Å²) in [6, 6.07) is 86.4. The summed E-state index contributed by atoms with van der Waals surface area (Å²) in [7, 11) is 8.91. The number of nitrogens with one attached hydrogen (secondary N) is 1. The average Bonchev–Trinajstić information content (AvgIpc) is 1.64. The van der Waals surface area contributed by atoms with E-state index in [2.05, 4.69) is 10.1 Å². The van der Waals surface area contributed by atoms with Gasteiger partial charge in [0.15, 0.2) is 11.6 Å². The Kier molecular flexibility index (Phi) is 49.8. The van der Waals surface area contributed by atoms with Crippen LogP contribution < -0.4 is 25.3 Å². The minimum absolute atomic E-state index is 0.00280. The number of ether oxygens (including phenoxy) is 12. The average molecular weight is 1920 g/mol. The van der Waals surface area contributed by atoms with Gasteiger partial charge in [-0.2, -0.15) is 0 Å². The summed E-state index contributed by atoms with van der Waals surface area (Å²) >= 11 is 0. The zero-order valence-corrected chi connectivity index (χ0v) is 82.7. The molecule has 2 heterocycles. The van der Waals surface area contributed by atoms with Gasteiger partial charge in [0.2, 0.25) is 5.91 Å². The number of rotatable bonds is 50. The first-order valence-electron chi connectivity index (χ1n) is 47.0. The van der Waals surface area contributed by atoms with Crippen LogP contribution in [0.1, 0.15) is 123 Å². The number of nitrogens with two attached hydrogens (primary N) is 1. The van der Waals surface area contributed by atoms with Crippen molar-refractivity contribution in [3.05, 3.63) is 335 Å². The standard InChI is InChI=1S/C34H39NO6.C23H28O5.C22H26O5.C12H15NO2.C12H16O3.C11H14O3/c1-24(21-40-22-27-12-8-5-9-13-27)31(36)20-28(18-26-14-16-29(39-3)17-15-26)33(38)35-30(32(37)34(2)23-41-34)19-25-10-6-4-7-11-25;1-17(15-28-16-19-7-5-4-6-8-19)22(24)14-20(23(25)27-3)13-18-9-11-21(26-2)12-10-18;1-16(14-27-15-18-6-4-3-5-7-18)21(24)13-19(22(25)26-2)12-17-8-10-20(23)11-9-17;1-12(8-15-12)11(14)10(13)7-9-5-3-2-4-6-9;1-9(12(13)15-3)8-10-4-6-11(14-2)7-5-10;1-9(11(12)13)7-14-8-10-5-3-2-4-6-10/h4-17,24,28,30H,18-23H2,1-3H3,(H,35,38);4-12,17,20H,13-16H2,1-3H3;3-11,16,19,23H,12-15H2,1-2H3;2-6,10H,7-8,13H2,1H3;4-7,9H,8H2,1-3H3;2-6,9H,7-8H2,1H3,(H,12,13)/t24-,28+,30-,34+;17-,20+;16-,19+;10-,12+;2*9-/m000000/s1. The van der Waals surface area contributed by atoms with E-state index >= 15 is 0 Å². The smallest absolute Gasteiger partial charge is 0.309 e. The molecule has 1 amide bonds. The number of carboxylic acid groups (broad SMARTS) is 1. The van der Waals surface area contributed by atoms with E-state index in [0.29, 0.717) is 97.1 Å². The summed E-state index contributed by atoms with van der Waals surface area (Å²) in [5.74, 6) is -3.16. The van der Waals surface area contributed by atoms with E-state index in [1.807, 2.05) is 282 Å². The van der Waals surface area contributed by atoms with Crippen LogP contribution in [-0.4, -0.2) is 174 Å². The van der Waals surface area contributed by atoms with Crippen molar-refractivity contribution in [3.8, 4) is 23.0 Å². The lowest BCUT2D eigenvalue weighted by atomic mass is 9.88. The van der Waals surface area contributed by atoms with Crippen LogP contribution in [0.25, 0.3) is 0 Å². The Morgan fingerprint density at radius 1 is 0.329 bits per heavy atom. The van der Waals surface area contributed by atoms with E-state index in [1.165, 1.54) is 21.3 Å². The molecule has 2 aliphatic rings. The number of epoxide rings is 2. The molecule has 0 bridgehead atoms. The number of hydrogen-bond acceptors (Lipinski definition) is 24. The lowest BCUT2D eigenvalue weighted by molar-refractivity contribution is -0.148. The summed E-state index contributed by atoms with van der Waals surface area (Å²) in [6.07, 6.45) is 3.06. The number of ketones is 5. The predicted octanol–water partition coefficient (Wildman–Crippen LogP) is 17.0. The molecule has 2 aliphatic heterocycles. The number of phenols is 1. The summed E-state index contributed by atoms with van der Waals surface area (Å²) < 4.78 is 62.8. The number of aromatic hydroxyl groups is 1. The molecule has 26 nitrogen and oxygen atoms in total. The second-order valence-electron chi connectivity index (χ2n) is 35.4. The van der Waals surface area contributed by atoms with Crippen molar-refractivity contribution in [2.24, 2.45) is 53.1 Å². The number of hydrogen-bond donors (Lipinski definition) is 4. The van der Waals surface area contributed by atoms with Gasteiger partial charge in [-0.1, -0.05) is 258 Å². The van der Waals surface area contributed by atoms with Gasteiger partial charge in [-0.15, -0.1) is 0 Å². The summed E-state index contributed by atoms with van der Waals surface area (Å²) in [5, 5.41) is 21.0. The molecule has 5 N–H and O–H groups in total. The van der Waals surface area contributed by atoms with Gasteiger partial charge in [0.1, 0.15) is 51.5 Å². The first-order chi connectivity index (χ1) is 67.3. The van der Waals surface area contributed by atoms with Crippen LogP contribution in [0.15, 0.2) is 279 Å². The van der Waals surface area contributed by atoms with Crippen LogP contribution in [0.2, 0.25) is 0 Å². The number of methoxy groups -OCH3 is 6. The van der Waals surface area contributed by atoms with Crippen molar-refractivity contribution in [3.63, 3.8) is 0 Å². The second kappa shape index (κ2) is 61.3. The Bertz CT molecular complexity index is 5340. The molecule has 26 heteroatoms. The molecule has 10 aromatic carbocycles. The molecular weight excluding hydrogens is 1780 g/mol. The van der Waals surface area contributed by atoms with Crippen molar-refractivity contribution in [2.75, 3.05) is 82.3 Å². The normalized spacial score (nSPS) is 15.7. The molecule has 748 valence electrons. The van der Waals surface area contributed by atoms with Crippen molar-refractivity contribution in [2.45, 2.75) is 156 Å². The summed E-state index contributed by atoms with van der Waals surface area (Å²) in [6.45, 7) is 16.3. The number of amides is 1. The third-order valence-electron chi connectivity index (χ3n) is 23.5. The van der Waals surface area contributed by atoms with E-state index in [1.54, 1.807) is 66.4 Å². The molecule has 10 aromatic rings. The maximum absolute atomic E-state index is 13.8. The van der Waals surface area contributed by atoms with E-state index < -0.39 is 58.9 Å². The van der Waals surface area contributed by atoms with Crippen LogP contribution in [-0.2, 0) is 156 Å². The van der Waals surface area contributed by atoms with E-state index in [9.17, 15) is 53.1 Å². The molecule has 12 rings (SSSR count). The van der Waals surface area contributed by atoms with Crippen LogP contribution in [0.3, 0.4) is 0 Å². The second-order valence-corrected chi connectivity index (χ2v) is 35.4. The quantitative estimate of drug-likeness (QED) is 0.0156. The van der Waals surface area contributed by atoms with Gasteiger partial charge in [-0.3, -0.25) is 47.9 Å². The minimum Gasteiger partial charge on any atom is -0.508 e. The van der Waals surface area contributed by atoms with Gasteiger partial charge in [-0.25, -0.2) is 0 Å². The number of aliphatic carboxylic acids is 1. The highest BCUT2D eigenvalue weighted by Gasteiger charge is 2.51. The molecule has 0 spiro atoms.